The molecule has 3 N–H and O–H groups in total. The first-order chi connectivity index (χ1) is 9.16. The Balaban J connectivity index is 2.19. The average Bonchev–Trinajstić information content (AvgIpc) is 2.38. The SMILES string of the molecule is O=c1[nH]c(O)c(/C=C\N=Nc2ccccc2)c(=O)[nH]1. The van der Waals surface area contributed by atoms with Crippen LogP contribution in [0.5, 0.6) is 5.88 Å². The molecule has 0 atom stereocenters. The molecule has 96 valence electrons. The van der Waals surface area contributed by atoms with Gasteiger partial charge in [0.25, 0.3) is 5.56 Å². The summed E-state index contributed by atoms with van der Waals surface area (Å²) in [6.07, 6.45) is 2.49. The van der Waals surface area contributed by atoms with E-state index >= 15 is 0 Å². The standard InChI is InChI=1S/C12H10N4O3/c17-10-9(11(18)15-12(19)14-10)6-7-13-16-8-4-2-1-3-5-8/h1-7H,(H3,14,15,17,18,19)/b7-6-,16-13?. The normalized spacial score (nSPS) is 11.4. The van der Waals surface area contributed by atoms with Crippen molar-refractivity contribution in [1.29, 1.82) is 0 Å². The van der Waals surface area contributed by atoms with Gasteiger partial charge in [-0.2, -0.15) is 10.2 Å². The van der Waals surface area contributed by atoms with Crippen molar-refractivity contribution in [2.45, 2.75) is 0 Å². The van der Waals surface area contributed by atoms with E-state index in [9.17, 15) is 14.7 Å². The number of hydrogen-bond acceptors (Lipinski definition) is 5. The summed E-state index contributed by atoms with van der Waals surface area (Å²) in [5, 5.41) is 17.0. The van der Waals surface area contributed by atoms with E-state index in [1.807, 2.05) is 23.2 Å². The molecule has 0 unspecified atom stereocenters. The van der Waals surface area contributed by atoms with Crippen molar-refractivity contribution >= 4 is 11.8 Å². The van der Waals surface area contributed by atoms with Gasteiger partial charge < -0.3 is 5.11 Å². The van der Waals surface area contributed by atoms with Crippen molar-refractivity contribution in [3.8, 4) is 5.88 Å². The molecule has 0 amide bonds. The van der Waals surface area contributed by atoms with E-state index in [-0.39, 0.29) is 5.56 Å². The summed E-state index contributed by atoms with van der Waals surface area (Å²) in [4.78, 5) is 26.3. The minimum absolute atomic E-state index is 0.0911. The van der Waals surface area contributed by atoms with Crippen LogP contribution in [0.25, 0.3) is 6.08 Å². The fourth-order valence-corrected chi connectivity index (χ4v) is 1.34. The van der Waals surface area contributed by atoms with Crippen molar-refractivity contribution in [3.05, 3.63) is 62.9 Å². The number of nitrogens with zero attached hydrogens (tertiary/aromatic N) is 2. The van der Waals surface area contributed by atoms with Gasteiger partial charge in [-0.05, 0) is 18.2 Å². The predicted octanol–water partition coefficient (Wildman–Crippen LogP) is 1.52. The quantitative estimate of drug-likeness (QED) is 0.725. The summed E-state index contributed by atoms with van der Waals surface area (Å²) in [6, 6.07) is 9.02. The van der Waals surface area contributed by atoms with Crippen LogP contribution in [0.4, 0.5) is 5.69 Å². The molecule has 19 heavy (non-hydrogen) atoms. The lowest BCUT2D eigenvalue weighted by atomic mass is 10.3. The number of azo groups is 1. The molecule has 1 aromatic heterocycles. The Hall–Kier alpha value is -2.96. The van der Waals surface area contributed by atoms with Crippen LogP contribution < -0.4 is 11.2 Å². The number of aromatic hydroxyl groups is 1. The molecule has 0 aliphatic heterocycles. The van der Waals surface area contributed by atoms with Crippen molar-refractivity contribution in [2.75, 3.05) is 0 Å². The maximum absolute atomic E-state index is 11.4. The first-order valence-corrected chi connectivity index (χ1v) is 5.35. The molecule has 2 aromatic rings. The predicted molar refractivity (Wildman–Crippen MR) is 69.3 cm³/mol. The van der Waals surface area contributed by atoms with Crippen LogP contribution in [0.1, 0.15) is 5.56 Å². The summed E-state index contributed by atoms with van der Waals surface area (Å²) in [7, 11) is 0. The van der Waals surface area contributed by atoms with Gasteiger partial charge in [-0.1, -0.05) is 18.2 Å². The lowest BCUT2D eigenvalue weighted by Crippen LogP contribution is -2.23. The number of H-pyrrole nitrogens is 2. The zero-order valence-electron chi connectivity index (χ0n) is 9.70. The fraction of sp³-hybridized carbons (Fsp3) is 0. The summed E-state index contributed by atoms with van der Waals surface area (Å²) in [5.74, 6) is -0.514. The molecule has 0 saturated carbocycles. The fourth-order valence-electron chi connectivity index (χ4n) is 1.34. The molecule has 0 bridgehead atoms. The highest BCUT2D eigenvalue weighted by molar-refractivity contribution is 5.52. The average molecular weight is 258 g/mol. The van der Waals surface area contributed by atoms with E-state index in [1.165, 1.54) is 12.3 Å². The highest BCUT2D eigenvalue weighted by Crippen LogP contribution is 2.11. The molecule has 1 aromatic carbocycles. The number of aromatic nitrogens is 2. The number of rotatable bonds is 3. The summed E-state index contributed by atoms with van der Waals surface area (Å²) < 4.78 is 0. The van der Waals surface area contributed by atoms with E-state index < -0.39 is 17.1 Å². The summed E-state index contributed by atoms with van der Waals surface area (Å²) in [6.45, 7) is 0. The van der Waals surface area contributed by atoms with E-state index in [1.54, 1.807) is 12.1 Å². The molecule has 0 radical (unpaired) electrons. The van der Waals surface area contributed by atoms with Crippen LogP contribution in [0, 0.1) is 0 Å². The van der Waals surface area contributed by atoms with Gasteiger partial charge in [0.15, 0.2) is 0 Å². The minimum atomic E-state index is -0.773. The van der Waals surface area contributed by atoms with E-state index in [2.05, 4.69) is 15.2 Å². The maximum Gasteiger partial charge on any atom is 0.328 e. The van der Waals surface area contributed by atoms with Gasteiger partial charge in [0, 0.05) is 0 Å². The van der Waals surface area contributed by atoms with Gasteiger partial charge in [-0.3, -0.25) is 14.8 Å². The molecular weight excluding hydrogens is 248 g/mol. The molecule has 0 saturated heterocycles. The highest BCUT2D eigenvalue weighted by atomic mass is 16.3. The molecule has 0 aliphatic carbocycles. The summed E-state index contributed by atoms with van der Waals surface area (Å²) >= 11 is 0. The first-order valence-electron chi connectivity index (χ1n) is 5.35. The molecule has 7 heteroatoms. The summed E-state index contributed by atoms with van der Waals surface area (Å²) in [5.41, 5.74) is -0.906. The number of aromatic amines is 2. The third-order valence-electron chi connectivity index (χ3n) is 2.20. The topological polar surface area (TPSA) is 111 Å². The minimum Gasteiger partial charge on any atom is -0.494 e. The van der Waals surface area contributed by atoms with Crippen molar-refractivity contribution in [1.82, 2.24) is 9.97 Å². The Labute approximate surface area is 107 Å². The van der Waals surface area contributed by atoms with Crippen LogP contribution in [-0.2, 0) is 0 Å². The molecule has 0 fully saturated rings. The number of hydrogen-bond donors (Lipinski definition) is 3. The lowest BCUT2D eigenvalue weighted by Gasteiger charge is -1.94. The Morgan fingerprint density at radius 2 is 1.84 bits per heavy atom. The second-order valence-electron chi connectivity index (χ2n) is 3.54. The van der Waals surface area contributed by atoms with Crippen LogP contribution in [0.3, 0.4) is 0 Å². The Morgan fingerprint density at radius 3 is 2.53 bits per heavy atom. The van der Waals surface area contributed by atoms with Gasteiger partial charge in [-0.25, -0.2) is 4.79 Å². The van der Waals surface area contributed by atoms with Gasteiger partial charge >= 0.3 is 5.69 Å². The van der Waals surface area contributed by atoms with Crippen LogP contribution in [-0.4, -0.2) is 15.1 Å². The van der Waals surface area contributed by atoms with Crippen LogP contribution in [0.2, 0.25) is 0 Å². The monoisotopic (exact) mass is 258 g/mol. The molecule has 0 aliphatic rings. The van der Waals surface area contributed by atoms with Crippen molar-refractivity contribution in [3.63, 3.8) is 0 Å². The van der Waals surface area contributed by atoms with E-state index in [0.717, 1.165) is 0 Å². The van der Waals surface area contributed by atoms with E-state index in [0.29, 0.717) is 5.69 Å². The second-order valence-corrected chi connectivity index (χ2v) is 3.54. The number of nitrogens with one attached hydrogen (secondary N) is 2. The zero-order valence-corrected chi connectivity index (χ0v) is 9.70. The van der Waals surface area contributed by atoms with Gasteiger partial charge in [0.05, 0.1) is 11.9 Å². The lowest BCUT2D eigenvalue weighted by molar-refractivity contribution is 0.447. The van der Waals surface area contributed by atoms with Crippen molar-refractivity contribution in [2.24, 2.45) is 10.2 Å². The Kier molecular flexibility index (Phi) is 3.67. The molecule has 7 nitrogen and oxygen atoms in total. The van der Waals surface area contributed by atoms with Gasteiger partial charge in [0.1, 0.15) is 5.56 Å². The largest absolute Gasteiger partial charge is 0.494 e. The zero-order chi connectivity index (χ0) is 13.7. The van der Waals surface area contributed by atoms with Crippen molar-refractivity contribution < 1.29 is 5.11 Å². The Morgan fingerprint density at radius 1 is 1.11 bits per heavy atom. The molecular formula is C12H10N4O3. The van der Waals surface area contributed by atoms with Crippen LogP contribution in [0.15, 0.2) is 56.3 Å². The number of benzene rings is 1. The second kappa shape index (κ2) is 5.58. The molecule has 1 heterocycles. The third kappa shape index (κ3) is 3.25. The molecule has 0 spiro atoms. The molecule has 2 rings (SSSR count). The highest BCUT2D eigenvalue weighted by Gasteiger charge is 2.03. The first kappa shape index (κ1) is 12.5. The van der Waals surface area contributed by atoms with Crippen LogP contribution >= 0.6 is 0 Å². The van der Waals surface area contributed by atoms with E-state index in [4.69, 9.17) is 0 Å². The third-order valence-corrected chi connectivity index (χ3v) is 2.20. The Bertz CT molecular complexity index is 729. The van der Waals surface area contributed by atoms with Gasteiger partial charge in [-0.15, -0.1) is 0 Å². The maximum atomic E-state index is 11.4. The van der Waals surface area contributed by atoms with Gasteiger partial charge in [0.2, 0.25) is 5.88 Å². The smallest absolute Gasteiger partial charge is 0.328 e.